The Bertz CT molecular complexity index is 420. The van der Waals surface area contributed by atoms with Crippen molar-refractivity contribution in [2.45, 2.75) is 6.42 Å². The van der Waals surface area contributed by atoms with E-state index < -0.39 is 0 Å². The Hall–Kier alpha value is -1.59. The van der Waals surface area contributed by atoms with Crippen LogP contribution in [0, 0.1) is 0 Å². The summed E-state index contributed by atoms with van der Waals surface area (Å²) < 4.78 is 4.66. The largest absolute Gasteiger partial charge is 0.375 e. The molecule has 0 atom stereocenters. The maximum atomic E-state index is 11.6. The molecule has 0 saturated carbocycles. The minimum atomic E-state index is -0.200. The molecule has 0 aromatic heterocycles. The summed E-state index contributed by atoms with van der Waals surface area (Å²) in [7, 11) is 1.45. The molecule has 0 saturated heterocycles. The molecule has 0 heterocycles. The monoisotopic (exact) mass is 284 g/mol. The molecule has 1 rings (SSSR count). The van der Waals surface area contributed by atoms with Crippen LogP contribution < -0.4 is 10.6 Å². The van der Waals surface area contributed by atoms with Gasteiger partial charge in [0.2, 0.25) is 11.8 Å². The highest BCUT2D eigenvalue weighted by molar-refractivity contribution is 6.30. The third kappa shape index (κ3) is 6.79. The van der Waals surface area contributed by atoms with Gasteiger partial charge in [-0.3, -0.25) is 9.59 Å². The van der Waals surface area contributed by atoms with E-state index in [0.29, 0.717) is 24.5 Å². The van der Waals surface area contributed by atoms with Crippen LogP contribution >= 0.6 is 11.6 Å². The van der Waals surface area contributed by atoms with E-state index in [-0.39, 0.29) is 18.4 Å². The summed E-state index contributed by atoms with van der Waals surface area (Å²) in [6.07, 6.45) is 0.295. The fraction of sp³-hybridized carbons (Fsp3) is 0.385. The second kappa shape index (κ2) is 8.50. The molecule has 1 aromatic carbocycles. The molecule has 0 aliphatic rings. The van der Waals surface area contributed by atoms with Crippen molar-refractivity contribution in [2.75, 3.05) is 26.8 Å². The molecule has 19 heavy (non-hydrogen) atoms. The number of hydrogen-bond acceptors (Lipinski definition) is 3. The van der Waals surface area contributed by atoms with Crippen molar-refractivity contribution in [1.82, 2.24) is 10.6 Å². The van der Waals surface area contributed by atoms with Crippen LogP contribution in [0.15, 0.2) is 24.3 Å². The zero-order valence-electron chi connectivity index (χ0n) is 10.7. The van der Waals surface area contributed by atoms with Gasteiger partial charge in [-0.1, -0.05) is 23.7 Å². The molecule has 2 amide bonds. The van der Waals surface area contributed by atoms with Gasteiger partial charge in [-0.2, -0.15) is 0 Å². The van der Waals surface area contributed by atoms with E-state index >= 15 is 0 Å². The first-order chi connectivity index (χ1) is 9.11. The number of hydrogen-bond donors (Lipinski definition) is 2. The highest BCUT2D eigenvalue weighted by Crippen LogP contribution is 2.09. The van der Waals surface area contributed by atoms with Crippen molar-refractivity contribution in [3.05, 3.63) is 34.9 Å². The number of halogens is 1. The second-order valence-corrected chi connectivity index (χ2v) is 4.37. The van der Waals surface area contributed by atoms with E-state index in [1.165, 1.54) is 7.11 Å². The fourth-order valence-electron chi connectivity index (χ4n) is 1.44. The van der Waals surface area contributed by atoms with Gasteiger partial charge in [0, 0.05) is 25.2 Å². The van der Waals surface area contributed by atoms with Crippen LogP contribution in [0.2, 0.25) is 5.02 Å². The number of benzene rings is 1. The topological polar surface area (TPSA) is 67.4 Å². The maximum Gasteiger partial charge on any atom is 0.246 e. The first-order valence-electron chi connectivity index (χ1n) is 5.88. The molecule has 0 unspecified atom stereocenters. The van der Waals surface area contributed by atoms with E-state index in [1.54, 1.807) is 12.1 Å². The highest BCUT2D eigenvalue weighted by Gasteiger charge is 2.03. The Morgan fingerprint density at radius 1 is 1.11 bits per heavy atom. The van der Waals surface area contributed by atoms with Crippen LogP contribution in [0.1, 0.15) is 5.56 Å². The summed E-state index contributed by atoms with van der Waals surface area (Å²) in [5.74, 6) is -0.294. The Balaban J connectivity index is 2.18. The van der Waals surface area contributed by atoms with E-state index in [1.807, 2.05) is 12.1 Å². The first-order valence-corrected chi connectivity index (χ1v) is 6.26. The molecule has 0 aliphatic heterocycles. The third-order valence-corrected chi connectivity index (χ3v) is 2.57. The number of nitrogens with one attached hydrogen (secondary N) is 2. The minimum Gasteiger partial charge on any atom is -0.375 e. The number of carbonyl (C=O) groups is 2. The van der Waals surface area contributed by atoms with Crippen LogP contribution in [-0.4, -0.2) is 38.6 Å². The van der Waals surface area contributed by atoms with Gasteiger partial charge in [-0.05, 0) is 17.7 Å². The van der Waals surface area contributed by atoms with Gasteiger partial charge in [0.15, 0.2) is 0 Å². The summed E-state index contributed by atoms with van der Waals surface area (Å²) in [6, 6.07) is 7.11. The maximum absolute atomic E-state index is 11.6. The highest BCUT2D eigenvalue weighted by atomic mass is 35.5. The van der Waals surface area contributed by atoms with Crippen molar-refractivity contribution < 1.29 is 14.3 Å². The van der Waals surface area contributed by atoms with Gasteiger partial charge in [0.1, 0.15) is 6.61 Å². The molecule has 5 nitrogen and oxygen atoms in total. The van der Waals surface area contributed by atoms with Crippen molar-refractivity contribution in [1.29, 1.82) is 0 Å². The molecule has 0 radical (unpaired) electrons. The van der Waals surface area contributed by atoms with Crippen LogP contribution in [0.4, 0.5) is 0 Å². The van der Waals surface area contributed by atoms with Gasteiger partial charge in [-0.25, -0.2) is 0 Å². The summed E-state index contributed by atoms with van der Waals surface area (Å²) in [5.41, 5.74) is 0.894. The lowest BCUT2D eigenvalue weighted by Crippen LogP contribution is -2.36. The molecule has 1 aromatic rings. The molecular weight excluding hydrogens is 268 g/mol. The van der Waals surface area contributed by atoms with Gasteiger partial charge in [0.25, 0.3) is 0 Å². The van der Waals surface area contributed by atoms with Crippen LogP contribution in [0.25, 0.3) is 0 Å². The van der Waals surface area contributed by atoms with E-state index in [9.17, 15) is 9.59 Å². The molecule has 0 bridgehead atoms. The summed E-state index contributed by atoms with van der Waals surface area (Å²) in [6.45, 7) is 0.801. The van der Waals surface area contributed by atoms with Crippen molar-refractivity contribution in [3.63, 3.8) is 0 Å². The average Bonchev–Trinajstić information content (AvgIpc) is 2.38. The predicted octanol–water partition coefficient (Wildman–Crippen LogP) is 0.761. The Labute approximate surface area is 117 Å². The molecule has 2 N–H and O–H groups in total. The van der Waals surface area contributed by atoms with Crippen LogP contribution in [0.3, 0.4) is 0 Å². The van der Waals surface area contributed by atoms with Gasteiger partial charge >= 0.3 is 0 Å². The predicted molar refractivity (Wildman–Crippen MR) is 73.1 cm³/mol. The number of methoxy groups -OCH3 is 1. The average molecular weight is 285 g/mol. The number of carbonyl (C=O) groups excluding carboxylic acids is 2. The lowest BCUT2D eigenvalue weighted by molar-refractivity contribution is -0.125. The molecule has 6 heteroatoms. The van der Waals surface area contributed by atoms with Crippen molar-refractivity contribution >= 4 is 23.4 Å². The molecular formula is C13H17ClN2O3. The quantitative estimate of drug-likeness (QED) is 0.727. The molecule has 104 valence electrons. The van der Waals surface area contributed by atoms with E-state index in [4.69, 9.17) is 11.6 Å². The summed E-state index contributed by atoms with van der Waals surface area (Å²) in [4.78, 5) is 22.6. The number of ether oxygens (including phenoxy) is 1. The molecule has 0 fully saturated rings. The first kappa shape index (κ1) is 15.5. The molecule has 0 aliphatic carbocycles. The standard InChI is InChI=1S/C13H17ClN2O3/c1-19-9-13(18)16-7-6-15-12(17)8-10-2-4-11(14)5-3-10/h2-5H,6-9H2,1H3,(H,15,17)(H,16,18). The smallest absolute Gasteiger partial charge is 0.246 e. The normalized spacial score (nSPS) is 10.0. The minimum absolute atomic E-state index is 0.0265. The second-order valence-electron chi connectivity index (χ2n) is 3.94. The molecule has 0 spiro atoms. The zero-order valence-corrected chi connectivity index (χ0v) is 11.5. The Morgan fingerprint density at radius 3 is 2.26 bits per heavy atom. The van der Waals surface area contributed by atoms with Gasteiger partial charge in [-0.15, -0.1) is 0 Å². The fourth-order valence-corrected chi connectivity index (χ4v) is 1.56. The number of rotatable bonds is 7. The van der Waals surface area contributed by atoms with Crippen molar-refractivity contribution in [3.8, 4) is 0 Å². The number of amides is 2. The SMILES string of the molecule is COCC(=O)NCCNC(=O)Cc1ccc(Cl)cc1. The van der Waals surface area contributed by atoms with Gasteiger partial charge < -0.3 is 15.4 Å². The summed E-state index contributed by atoms with van der Waals surface area (Å²) in [5, 5.41) is 5.97. The zero-order chi connectivity index (χ0) is 14.1. The Kier molecular flexibility index (Phi) is 6.92. The lowest BCUT2D eigenvalue weighted by atomic mass is 10.1. The van der Waals surface area contributed by atoms with Crippen LogP contribution in [0.5, 0.6) is 0 Å². The van der Waals surface area contributed by atoms with Crippen molar-refractivity contribution in [2.24, 2.45) is 0 Å². The lowest BCUT2D eigenvalue weighted by Gasteiger charge is -2.07. The Morgan fingerprint density at radius 2 is 1.68 bits per heavy atom. The van der Waals surface area contributed by atoms with Crippen LogP contribution in [-0.2, 0) is 20.7 Å². The van der Waals surface area contributed by atoms with E-state index in [2.05, 4.69) is 15.4 Å². The third-order valence-electron chi connectivity index (χ3n) is 2.32. The summed E-state index contributed by atoms with van der Waals surface area (Å²) >= 11 is 5.75. The van der Waals surface area contributed by atoms with Gasteiger partial charge in [0.05, 0.1) is 6.42 Å². The van der Waals surface area contributed by atoms with E-state index in [0.717, 1.165) is 5.56 Å².